The highest BCUT2D eigenvalue weighted by Gasteiger charge is 2.59. The van der Waals surface area contributed by atoms with Crippen molar-refractivity contribution in [3.8, 4) is 0 Å². The molecule has 4 nitrogen and oxygen atoms in total. The van der Waals surface area contributed by atoms with Crippen LogP contribution in [0, 0.1) is 17.3 Å². The highest BCUT2D eigenvalue weighted by molar-refractivity contribution is 6.01. The fraction of sp³-hybridized carbons (Fsp3) is 0.652. The zero-order valence-electron chi connectivity index (χ0n) is 16.5. The van der Waals surface area contributed by atoms with Gasteiger partial charge in [0.15, 0.2) is 5.41 Å². The minimum atomic E-state index is -1.13. The first-order chi connectivity index (χ1) is 13.2. The Balaban J connectivity index is 1.90. The van der Waals surface area contributed by atoms with Crippen LogP contribution in [0.2, 0.25) is 0 Å². The van der Waals surface area contributed by atoms with Crippen LogP contribution in [0.4, 0.5) is 0 Å². The minimum absolute atomic E-state index is 0.0325. The molecule has 148 valence electrons. The molecule has 0 heterocycles. The molecule has 3 rings (SSSR count). The zero-order chi connectivity index (χ0) is 19.1. The molecule has 2 aliphatic carbocycles. The Kier molecular flexibility index (Phi) is 6.92. The van der Waals surface area contributed by atoms with Crippen LogP contribution >= 0.6 is 0 Å². The summed E-state index contributed by atoms with van der Waals surface area (Å²) in [4.78, 5) is 26.7. The maximum Gasteiger partial charge on any atom is 0.324 e. The number of hydrogen-bond donors (Lipinski definition) is 0. The summed E-state index contributed by atoms with van der Waals surface area (Å²) in [7, 11) is 1.41. The second-order valence-electron chi connectivity index (χ2n) is 8.09. The van der Waals surface area contributed by atoms with E-state index in [-0.39, 0.29) is 30.4 Å². The number of hydrogen-bond acceptors (Lipinski definition) is 4. The second-order valence-corrected chi connectivity index (χ2v) is 8.09. The molecule has 2 fully saturated rings. The van der Waals surface area contributed by atoms with E-state index >= 15 is 0 Å². The fourth-order valence-electron chi connectivity index (χ4n) is 5.21. The minimum Gasteiger partial charge on any atom is -0.468 e. The lowest BCUT2D eigenvalue weighted by atomic mass is 9.58. The summed E-state index contributed by atoms with van der Waals surface area (Å²) in [6.45, 7) is 0.206. The summed E-state index contributed by atoms with van der Waals surface area (Å²) in [6, 6.07) is 9.68. The van der Waals surface area contributed by atoms with Gasteiger partial charge in [-0.05, 0) is 43.1 Å². The summed E-state index contributed by atoms with van der Waals surface area (Å²) in [5.41, 5.74) is -0.193. The average Bonchev–Trinajstić information content (AvgIpc) is 2.75. The smallest absolute Gasteiger partial charge is 0.324 e. The predicted molar refractivity (Wildman–Crippen MR) is 104 cm³/mol. The van der Waals surface area contributed by atoms with E-state index < -0.39 is 5.41 Å². The summed E-state index contributed by atoms with van der Waals surface area (Å²) >= 11 is 0. The van der Waals surface area contributed by atoms with E-state index in [1.54, 1.807) is 0 Å². The van der Waals surface area contributed by atoms with Crippen molar-refractivity contribution < 1.29 is 19.1 Å². The van der Waals surface area contributed by atoms with Crippen LogP contribution in [-0.4, -0.2) is 19.0 Å². The van der Waals surface area contributed by atoms with E-state index in [0.717, 1.165) is 56.9 Å². The van der Waals surface area contributed by atoms with Gasteiger partial charge in [0, 0.05) is 0 Å². The highest BCUT2D eigenvalue weighted by Crippen LogP contribution is 2.50. The van der Waals surface area contributed by atoms with Gasteiger partial charge in [0.25, 0.3) is 0 Å². The Morgan fingerprint density at radius 1 is 0.852 bits per heavy atom. The van der Waals surface area contributed by atoms with Crippen LogP contribution in [0.3, 0.4) is 0 Å². The molecule has 0 amide bonds. The van der Waals surface area contributed by atoms with E-state index in [2.05, 4.69) is 0 Å². The Labute approximate surface area is 162 Å². The molecule has 0 radical (unpaired) electrons. The van der Waals surface area contributed by atoms with Gasteiger partial charge in [-0.1, -0.05) is 68.9 Å². The molecule has 0 aliphatic heterocycles. The number of esters is 2. The van der Waals surface area contributed by atoms with E-state index in [1.165, 1.54) is 20.0 Å². The molecular formula is C23H32O4. The molecule has 2 saturated carbocycles. The number of ether oxygens (including phenoxy) is 2. The van der Waals surface area contributed by atoms with Gasteiger partial charge < -0.3 is 9.47 Å². The standard InChI is InChI=1S/C23H32O4/c1-26-21(24)23(19-13-7-3-8-14-19,20-15-9-4-10-16-20)22(25)27-17-18-11-5-2-6-12-18/h2,5-6,11-12,19-20H,3-4,7-10,13-17H2,1H3. The van der Waals surface area contributed by atoms with Crippen molar-refractivity contribution in [3.05, 3.63) is 35.9 Å². The summed E-state index contributed by atoms with van der Waals surface area (Å²) in [5.74, 6) is -0.675. The van der Waals surface area contributed by atoms with Crippen molar-refractivity contribution in [1.29, 1.82) is 0 Å². The average molecular weight is 373 g/mol. The largest absolute Gasteiger partial charge is 0.468 e. The van der Waals surface area contributed by atoms with Crippen molar-refractivity contribution >= 4 is 11.9 Å². The van der Waals surface area contributed by atoms with Gasteiger partial charge in [-0.2, -0.15) is 0 Å². The number of carbonyl (C=O) groups excluding carboxylic acids is 2. The first-order valence-corrected chi connectivity index (χ1v) is 10.5. The zero-order valence-corrected chi connectivity index (χ0v) is 16.5. The lowest BCUT2D eigenvalue weighted by Gasteiger charge is -2.44. The van der Waals surface area contributed by atoms with Gasteiger partial charge >= 0.3 is 11.9 Å². The van der Waals surface area contributed by atoms with Gasteiger partial charge in [-0.15, -0.1) is 0 Å². The Bertz CT molecular complexity index is 595. The lowest BCUT2D eigenvalue weighted by Crippen LogP contribution is -2.53. The predicted octanol–water partition coefficient (Wildman–Crippen LogP) is 5.05. The Morgan fingerprint density at radius 2 is 1.37 bits per heavy atom. The normalized spacial score (nSPS) is 19.4. The third-order valence-electron chi connectivity index (χ3n) is 6.57. The van der Waals surface area contributed by atoms with Gasteiger partial charge in [-0.25, -0.2) is 0 Å². The van der Waals surface area contributed by atoms with Crippen LogP contribution in [0.25, 0.3) is 0 Å². The maximum atomic E-state index is 13.5. The summed E-state index contributed by atoms with van der Waals surface area (Å²) in [6.07, 6.45) is 10.3. The number of carbonyl (C=O) groups is 2. The van der Waals surface area contributed by atoms with Crippen LogP contribution in [-0.2, 0) is 25.7 Å². The van der Waals surface area contributed by atoms with E-state index in [0.29, 0.717) is 0 Å². The van der Waals surface area contributed by atoms with Crippen LogP contribution in [0.1, 0.15) is 69.8 Å². The van der Waals surface area contributed by atoms with Gasteiger partial charge in [0.05, 0.1) is 7.11 Å². The van der Waals surface area contributed by atoms with E-state index in [1.807, 2.05) is 30.3 Å². The maximum absolute atomic E-state index is 13.5. The summed E-state index contributed by atoms with van der Waals surface area (Å²) in [5, 5.41) is 0. The third kappa shape index (κ3) is 4.20. The molecule has 0 unspecified atom stereocenters. The number of methoxy groups -OCH3 is 1. The molecule has 1 aromatic rings. The van der Waals surface area contributed by atoms with E-state index in [9.17, 15) is 9.59 Å². The van der Waals surface area contributed by atoms with Crippen molar-refractivity contribution in [2.24, 2.45) is 17.3 Å². The van der Waals surface area contributed by atoms with Crippen molar-refractivity contribution in [2.45, 2.75) is 70.8 Å². The van der Waals surface area contributed by atoms with Crippen molar-refractivity contribution in [1.82, 2.24) is 0 Å². The highest BCUT2D eigenvalue weighted by atomic mass is 16.6. The van der Waals surface area contributed by atoms with E-state index in [4.69, 9.17) is 9.47 Å². The molecule has 1 aromatic carbocycles. The molecule has 0 bridgehead atoms. The quantitative estimate of drug-likeness (QED) is 0.518. The van der Waals surface area contributed by atoms with Gasteiger partial charge in [-0.3, -0.25) is 9.59 Å². The Morgan fingerprint density at radius 3 is 1.85 bits per heavy atom. The molecule has 0 atom stereocenters. The lowest BCUT2D eigenvalue weighted by molar-refractivity contribution is -0.185. The molecule has 0 aromatic heterocycles. The molecule has 0 N–H and O–H groups in total. The first kappa shape index (κ1) is 19.9. The van der Waals surface area contributed by atoms with Gasteiger partial charge in [0.2, 0.25) is 0 Å². The number of benzene rings is 1. The molecule has 0 spiro atoms. The monoisotopic (exact) mass is 372 g/mol. The second kappa shape index (κ2) is 9.38. The molecule has 27 heavy (non-hydrogen) atoms. The van der Waals surface area contributed by atoms with Crippen molar-refractivity contribution in [2.75, 3.05) is 7.11 Å². The molecule has 2 aliphatic rings. The number of rotatable bonds is 6. The molecule has 0 saturated heterocycles. The van der Waals surface area contributed by atoms with Crippen LogP contribution in [0.5, 0.6) is 0 Å². The van der Waals surface area contributed by atoms with Crippen LogP contribution in [0.15, 0.2) is 30.3 Å². The molecule has 4 heteroatoms. The van der Waals surface area contributed by atoms with Crippen molar-refractivity contribution in [3.63, 3.8) is 0 Å². The SMILES string of the molecule is COC(=O)C(C(=O)OCc1ccccc1)(C1CCCCC1)C1CCCCC1. The first-order valence-electron chi connectivity index (χ1n) is 10.5. The fourth-order valence-corrected chi connectivity index (χ4v) is 5.21. The van der Waals surface area contributed by atoms with Crippen LogP contribution < -0.4 is 0 Å². The summed E-state index contributed by atoms with van der Waals surface area (Å²) < 4.78 is 11.0. The third-order valence-corrected chi connectivity index (χ3v) is 6.57. The molecular weight excluding hydrogens is 340 g/mol. The van der Waals surface area contributed by atoms with Gasteiger partial charge in [0.1, 0.15) is 6.61 Å². The Hall–Kier alpha value is -1.84. The topological polar surface area (TPSA) is 52.6 Å².